The zero-order valence-corrected chi connectivity index (χ0v) is 12.4. The maximum atomic E-state index is 5.90. The number of halogens is 1. The van der Waals surface area contributed by atoms with Crippen LogP contribution in [0.15, 0.2) is 30.5 Å². The number of aryl methyl sites for hydroxylation is 2. The third kappa shape index (κ3) is 3.28. The van der Waals surface area contributed by atoms with E-state index in [1.165, 1.54) is 0 Å². The molecule has 0 aliphatic carbocycles. The highest BCUT2D eigenvalue weighted by Gasteiger charge is 2.04. The highest BCUT2D eigenvalue weighted by molar-refractivity contribution is 6.29. The van der Waals surface area contributed by atoms with Gasteiger partial charge >= 0.3 is 0 Å². The quantitative estimate of drug-likeness (QED) is 0.579. The Morgan fingerprint density at radius 2 is 2.14 bits per heavy atom. The van der Waals surface area contributed by atoms with E-state index in [0.717, 1.165) is 36.7 Å². The van der Waals surface area contributed by atoms with Crippen molar-refractivity contribution in [1.29, 1.82) is 0 Å². The van der Waals surface area contributed by atoms with Gasteiger partial charge in [-0.25, -0.2) is 9.97 Å². The molecule has 21 heavy (non-hydrogen) atoms. The highest BCUT2D eigenvalue weighted by Crippen LogP contribution is 2.11. The first-order valence-electron chi connectivity index (χ1n) is 6.76. The van der Waals surface area contributed by atoms with Gasteiger partial charge in [0.2, 0.25) is 0 Å². The largest absolute Gasteiger partial charge is 0.370 e. The van der Waals surface area contributed by atoms with Crippen LogP contribution in [0.1, 0.15) is 18.1 Å². The fourth-order valence-electron chi connectivity index (χ4n) is 2.15. The molecule has 0 spiro atoms. The fourth-order valence-corrected chi connectivity index (χ4v) is 2.37. The molecule has 108 valence electrons. The predicted molar refractivity (Wildman–Crippen MR) is 81.6 cm³/mol. The minimum absolute atomic E-state index is 0.452. The van der Waals surface area contributed by atoms with Crippen molar-refractivity contribution in [3.05, 3.63) is 47.3 Å². The van der Waals surface area contributed by atoms with Gasteiger partial charge in [0.1, 0.15) is 22.6 Å². The van der Waals surface area contributed by atoms with Crippen molar-refractivity contribution >= 4 is 23.1 Å². The van der Waals surface area contributed by atoms with Crippen LogP contribution < -0.4 is 5.32 Å². The lowest BCUT2D eigenvalue weighted by molar-refractivity contribution is 0.785. The summed E-state index contributed by atoms with van der Waals surface area (Å²) in [7, 11) is 0. The summed E-state index contributed by atoms with van der Waals surface area (Å²) in [4.78, 5) is 8.31. The summed E-state index contributed by atoms with van der Waals surface area (Å²) >= 11 is 5.90. The van der Waals surface area contributed by atoms with Crippen molar-refractivity contribution in [2.45, 2.75) is 19.8 Å². The van der Waals surface area contributed by atoms with Crippen LogP contribution in [-0.2, 0) is 6.42 Å². The van der Waals surface area contributed by atoms with Gasteiger partial charge in [0, 0.05) is 25.2 Å². The number of rotatable bonds is 5. The highest BCUT2D eigenvalue weighted by atomic mass is 35.5. The van der Waals surface area contributed by atoms with Crippen LogP contribution >= 0.6 is 11.6 Å². The zero-order chi connectivity index (χ0) is 14.7. The Labute approximate surface area is 127 Å². The number of fused-ring (bicyclic) bond motifs is 1. The van der Waals surface area contributed by atoms with Crippen LogP contribution in [0.4, 0.5) is 5.82 Å². The zero-order valence-electron chi connectivity index (χ0n) is 11.6. The van der Waals surface area contributed by atoms with E-state index in [0.29, 0.717) is 11.0 Å². The van der Waals surface area contributed by atoms with E-state index >= 15 is 0 Å². The summed E-state index contributed by atoms with van der Waals surface area (Å²) in [6, 6.07) is 7.60. The third-order valence-electron chi connectivity index (χ3n) is 3.07. The Hall–Kier alpha value is -2.21. The van der Waals surface area contributed by atoms with Crippen LogP contribution in [0.2, 0.25) is 5.15 Å². The summed E-state index contributed by atoms with van der Waals surface area (Å²) < 4.78 is 2.01. The van der Waals surface area contributed by atoms with Crippen molar-refractivity contribution < 1.29 is 0 Å². The number of anilines is 1. The maximum Gasteiger partial charge on any atom is 0.160 e. The molecule has 0 saturated heterocycles. The van der Waals surface area contributed by atoms with Crippen molar-refractivity contribution in [2.75, 3.05) is 11.9 Å². The molecule has 3 aromatic rings. The van der Waals surface area contributed by atoms with Crippen molar-refractivity contribution in [1.82, 2.24) is 24.6 Å². The van der Waals surface area contributed by atoms with Gasteiger partial charge in [-0.05, 0) is 25.5 Å². The molecule has 0 aliphatic heterocycles. The smallest absolute Gasteiger partial charge is 0.160 e. The van der Waals surface area contributed by atoms with Crippen molar-refractivity contribution in [3.63, 3.8) is 0 Å². The minimum Gasteiger partial charge on any atom is -0.370 e. The van der Waals surface area contributed by atoms with E-state index in [1.54, 1.807) is 6.07 Å². The lowest BCUT2D eigenvalue weighted by Gasteiger charge is -2.06. The lowest BCUT2D eigenvalue weighted by atomic mass is 10.3. The molecule has 0 bridgehead atoms. The monoisotopic (exact) mass is 302 g/mol. The molecule has 0 aliphatic rings. The molecule has 0 atom stereocenters. The molecule has 0 fully saturated rings. The van der Waals surface area contributed by atoms with Gasteiger partial charge in [-0.2, -0.15) is 0 Å². The van der Waals surface area contributed by atoms with Crippen LogP contribution in [0.3, 0.4) is 0 Å². The molecule has 3 rings (SSSR count). The number of aromatic nitrogens is 5. The van der Waals surface area contributed by atoms with Gasteiger partial charge in [-0.15, -0.1) is 10.2 Å². The number of pyridine rings is 1. The first-order chi connectivity index (χ1) is 10.2. The summed E-state index contributed by atoms with van der Waals surface area (Å²) in [5.74, 6) is 2.37. The third-order valence-corrected chi connectivity index (χ3v) is 3.27. The average molecular weight is 303 g/mol. The first kappa shape index (κ1) is 13.8. The first-order valence-corrected chi connectivity index (χ1v) is 7.14. The minimum atomic E-state index is 0.452. The van der Waals surface area contributed by atoms with Crippen LogP contribution in [0.25, 0.3) is 5.65 Å². The standard InChI is InChI=1S/C14H15ClN6/c1-10-17-11(15)9-12(18-10)16-7-4-6-14-20-19-13-5-2-3-8-21(13)14/h2-3,5,8-9H,4,6-7H2,1H3,(H,16,17,18). The molecule has 6 nitrogen and oxygen atoms in total. The van der Waals surface area contributed by atoms with Crippen LogP contribution in [0.5, 0.6) is 0 Å². The second-order valence-corrected chi connectivity index (χ2v) is 5.09. The number of hydrogen-bond donors (Lipinski definition) is 1. The summed E-state index contributed by atoms with van der Waals surface area (Å²) in [6.45, 7) is 2.61. The topological polar surface area (TPSA) is 68.0 Å². The molecule has 0 radical (unpaired) electrons. The maximum absolute atomic E-state index is 5.90. The summed E-state index contributed by atoms with van der Waals surface area (Å²) in [6.07, 6.45) is 3.75. The van der Waals surface area contributed by atoms with Crippen molar-refractivity contribution in [3.8, 4) is 0 Å². The van der Waals surface area contributed by atoms with Crippen LogP contribution in [-0.4, -0.2) is 31.1 Å². The lowest BCUT2D eigenvalue weighted by Crippen LogP contribution is -2.07. The van der Waals surface area contributed by atoms with Gasteiger partial charge in [-0.1, -0.05) is 17.7 Å². The van der Waals surface area contributed by atoms with E-state index in [9.17, 15) is 0 Å². The van der Waals surface area contributed by atoms with Gasteiger partial charge < -0.3 is 5.32 Å². The normalized spacial score (nSPS) is 11.0. The second kappa shape index (κ2) is 6.05. The number of nitrogens with one attached hydrogen (secondary N) is 1. The molecule has 3 aromatic heterocycles. The molecule has 3 heterocycles. The molecule has 0 unspecified atom stereocenters. The Kier molecular flexibility index (Phi) is 3.96. The molecule has 7 heteroatoms. The Balaban J connectivity index is 1.56. The Bertz CT molecular complexity index is 734. The van der Waals surface area contributed by atoms with Gasteiger partial charge in [0.15, 0.2) is 5.65 Å². The summed E-state index contributed by atoms with van der Waals surface area (Å²) in [5.41, 5.74) is 0.874. The molecular formula is C14H15ClN6. The summed E-state index contributed by atoms with van der Waals surface area (Å²) in [5, 5.41) is 12.0. The number of hydrogen-bond acceptors (Lipinski definition) is 5. The molecule has 0 saturated carbocycles. The van der Waals surface area contributed by atoms with E-state index < -0.39 is 0 Å². The van der Waals surface area contributed by atoms with E-state index in [4.69, 9.17) is 11.6 Å². The Morgan fingerprint density at radius 1 is 1.24 bits per heavy atom. The van der Waals surface area contributed by atoms with Gasteiger partial charge in [0.05, 0.1) is 0 Å². The second-order valence-electron chi connectivity index (χ2n) is 4.70. The molecule has 1 N–H and O–H groups in total. The molecule has 0 aromatic carbocycles. The number of nitrogens with zero attached hydrogens (tertiary/aromatic N) is 5. The van der Waals surface area contributed by atoms with E-state index in [1.807, 2.05) is 35.7 Å². The van der Waals surface area contributed by atoms with Crippen molar-refractivity contribution in [2.24, 2.45) is 0 Å². The van der Waals surface area contributed by atoms with Gasteiger partial charge in [-0.3, -0.25) is 4.40 Å². The average Bonchev–Trinajstić information content (AvgIpc) is 2.86. The fraction of sp³-hybridized carbons (Fsp3) is 0.286. The van der Waals surface area contributed by atoms with E-state index in [-0.39, 0.29) is 0 Å². The Morgan fingerprint density at radius 3 is 3.00 bits per heavy atom. The van der Waals surface area contributed by atoms with E-state index in [2.05, 4.69) is 25.5 Å². The van der Waals surface area contributed by atoms with Gasteiger partial charge in [0.25, 0.3) is 0 Å². The SMILES string of the molecule is Cc1nc(Cl)cc(NCCCc2nnc3ccccn23)n1. The predicted octanol–water partition coefficient (Wildman–Crippen LogP) is 2.53. The van der Waals surface area contributed by atoms with Crippen LogP contribution in [0, 0.1) is 6.92 Å². The molecule has 0 amide bonds. The molecular weight excluding hydrogens is 288 g/mol.